The van der Waals surface area contributed by atoms with E-state index in [1.807, 2.05) is 54.7 Å². The Kier molecular flexibility index (Phi) is 6.40. The standard InChI is InChI=1S/C27H31N2O3/c1-21(25-17-9-10-18-28-25)29(2)19-11-16-24(29)20-32-26(30)27(31,22-12-5-3-6-13-22)23-14-7-4-8-15-23/h3-10,12-15,17-18,21,24,31H,11,16,19-20H2,1-2H3/q+1/t21?,24-,29?/m1/s1. The zero-order valence-electron chi connectivity index (χ0n) is 18.7. The van der Waals surface area contributed by atoms with Crippen LogP contribution in [-0.2, 0) is 15.1 Å². The summed E-state index contributed by atoms with van der Waals surface area (Å²) in [6, 6.07) is 24.3. The number of hydrogen-bond acceptors (Lipinski definition) is 4. The third-order valence-corrected chi connectivity index (χ3v) is 7.10. The van der Waals surface area contributed by atoms with Gasteiger partial charge in [0.1, 0.15) is 18.7 Å². The average molecular weight is 432 g/mol. The summed E-state index contributed by atoms with van der Waals surface area (Å²) >= 11 is 0. The van der Waals surface area contributed by atoms with Crippen LogP contribution in [0.4, 0.5) is 0 Å². The zero-order valence-corrected chi connectivity index (χ0v) is 18.7. The van der Waals surface area contributed by atoms with Crippen LogP contribution in [-0.4, -0.2) is 46.8 Å². The van der Waals surface area contributed by atoms with E-state index >= 15 is 0 Å². The van der Waals surface area contributed by atoms with Gasteiger partial charge in [-0.1, -0.05) is 66.7 Å². The molecule has 0 amide bonds. The van der Waals surface area contributed by atoms with Crippen LogP contribution in [0.5, 0.6) is 0 Å². The molecule has 4 rings (SSSR count). The van der Waals surface area contributed by atoms with Gasteiger partial charge in [0.15, 0.2) is 0 Å². The Bertz CT molecular complexity index is 987. The first-order valence-electron chi connectivity index (χ1n) is 11.2. The number of rotatable bonds is 7. The lowest BCUT2D eigenvalue weighted by Gasteiger charge is -2.41. The van der Waals surface area contributed by atoms with Crippen LogP contribution in [0, 0.1) is 0 Å². The number of likely N-dealkylation sites (tertiary alicyclic amines) is 1. The van der Waals surface area contributed by atoms with Crippen molar-refractivity contribution in [1.82, 2.24) is 4.98 Å². The number of ether oxygens (including phenoxy) is 1. The van der Waals surface area contributed by atoms with E-state index in [9.17, 15) is 9.90 Å². The summed E-state index contributed by atoms with van der Waals surface area (Å²) in [5.41, 5.74) is 0.193. The lowest BCUT2D eigenvalue weighted by atomic mass is 9.86. The van der Waals surface area contributed by atoms with Crippen molar-refractivity contribution in [3.63, 3.8) is 0 Å². The molecule has 1 N–H and O–H groups in total. The van der Waals surface area contributed by atoms with E-state index in [4.69, 9.17) is 4.74 Å². The van der Waals surface area contributed by atoms with Crippen molar-refractivity contribution in [2.24, 2.45) is 0 Å². The Balaban J connectivity index is 1.56. The van der Waals surface area contributed by atoms with Crippen LogP contribution in [0.3, 0.4) is 0 Å². The summed E-state index contributed by atoms with van der Waals surface area (Å²) in [6.45, 7) is 3.45. The van der Waals surface area contributed by atoms with Crippen LogP contribution in [0.1, 0.15) is 42.6 Å². The molecule has 5 heteroatoms. The molecule has 166 valence electrons. The smallest absolute Gasteiger partial charge is 0.347 e. The predicted octanol–water partition coefficient (Wildman–Crippen LogP) is 4.23. The fraction of sp³-hybridized carbons (Fsp3) is 0.333. The molecule has 1 aliphatic rings. The summed E-state index contributed by atoms with van der Waals surface area (Å²) in [4.78, 5) is 17.9. The number of esters is 1. The van der Waals surface area contributed by atoms with E-state index in [0.717, 1.165) is 29.6 Å². The first kappa shape index (κ1) is 22.2. The first-order valence-corrected chi connectivity index (χ1v) is 11.2. The van der Waals surface area contributed by atoms with Gasteiger partial charge in [-0.15, -0.1) is 0 Å². The van der Waals surface area contributed by atoms with Crippen LogP contribution >= 0.6 is 0 Å². The minimum absolute atomic E-state index is 0.145. The van der Waals surface area contributed by atoms with E-state index in [2.05, 4.69) is 25.0 Å². The van der Waals surface area contributed by atoms with Crippen molar-refractivity contribution in [2.75, 3.05) is 20.2 Å². The average Bonchev–Trinajstić information content (AvgIpc) is 3.24. The Labute approximate surface area is 189 Å². The number of nitrogens with zero attached hydrogens (tertiary/aromatic N) is 2. The number of benzene rings is 2. The Morgan fingerprint density at radius 1 is 1.06 bits per heavy atom. The first-order chi connectivity index (χ1) is 15.5. The molecule has 0 saturated carbocycles. The van der Waals surface area contributed by atoms with Gasteiger partial charge in [0.2, 0.25) is 5.60 Å². The predicted molar refractivity (Wildman–Crippen MR) is 124 cm³/mol. The molecule has 1 aromatic heterocycles. The van der Waals surface area contributed by atoms with Gasteiger partial charge < -0.3 is 14.3 Å². The highest BCUT2D eigenvalue weighted by Crippen LogP contribution is 2.37. The summed E-state index contributed by atoms with van der Waals surface area (Å²) in [5, 5.41) is 11.6. The molecule has 32 heavy (non-hydrogen) atoms. The van der Waals surface area contributed by atoms with Gasteiger partial charge in [-0.3, -0.25) is 4.98 Å². The molecule has 3 aromatic rings. The second-order valence-corrected chi connectivity index (χ2v) is 8.84. The van der Waals surface area contributed by atoms with Crippen molar-refractivity contribution >= 4 is 5.97 Å². The maximum Gasteiger partial charge on any atom is 0.347 e. The van der Waals surface area contributed by atoms with E-state index in [1.165, 1.54) is 0 Å². The molecule has 2 aromatic carbocycles. The Morgan fingerprint density at radius 3 is 2.22 bits per heavy atom. The van der Waals surface area contributed by atoms with Gasteiger partial charge in [0.25, 0.3) is 0 Å². The van der Waals surface area contributed by atoms with E-state index in [-0.39, 0.29) is 18.7 Å². The van der Waals surface area contributed by atoms with E-state index in [1.54, 1.807) is 24.3 Å². The monoisotopic (exact) mass is 431 g/mol. The topological polar surface area (TPSA) is 59.4 Å². The fourth-order valence-electron chi connectivity index (χ4n) is 4.87. The van der Waals surface area contributed by atoms with Crippen molar-refractivity contribution in [3.05, 3.63) is 102 Å². The van der Waals surface area contributed by atoms with Gasteiger partial charge in [-0.05, 0) is 30.2 Å². The number of aromatic nitrogens is 1. The number of pyridine rings is 1. The molecule has 2 unspecified atom stereocenters. The van der Waals surface area contributed by atoms with Gasteiger partial charge in [0.05, 0.1) is 19.3 Å². The van der Waals surface area contributed by atoms with Crippen molar-refractivity contribution in [1.29, 1.82) is 0 Å². The Hall–Kier alpha value is -3.02. The zero-order chi connectivity index (χ0) is 22.6. The number of likely N-dealkylation sites (N-methyl/N-ethyl adjacent to an activating group) is 1. The van der Waals surface area contributed by atoms with E-state index in [0.29, 0.717) is 11.1 Å². The van der Waals surface area contributed by atoms with Gasteiger partial charge in [0, 0.05) is 19.0 Å². The largest absolute Gasteiger partial charge is 0.457 e. The van der Waals surface area contributed by atoms with Crippen molar-refractivity contribution in [3.8, 4) is 0 Å². The normalized spacial score (nSPS) is 21.8. The summed E-state index contributed by atoms with van der Waals surface area (Å²) in [7, 11) is 2.21. The lowest BCUT2D eigenvalue weighted by molar-refractivity contribution is -0.949. The highest BCUT2D eigenvalue weighted by molar-refractivity contribution is 5.85. The highest BCUT2D eigenvalue weighted by Gasteiger charge is 2.46. The molecular formula is C27H31N2O3+. The van der Waals surface area contributed by atoms with Crippen LogP contribution < -0.4 is 0 Å². The summed E-state index contributed by atoms with van der Waals surface area (Å²) < 4.78 is 6.62. The number of carbonyl (C=O) groups is 1. The third-order valence-electron chi connectivity index (χ3n) is 7.10. The van der Waals surface area contributed by atoms with Crippen LogP contribution in [0.25, 0.3) is 0 Å². The maximum atomic E-state index is 13.4. The van der Waals surface area contributed by atoms with Gasteiger partial charge in [-0.25, -0.2) is 4.79 Å². The third kappa shape index (κ3) is 4.06. The number of aliphatic hydroxyl groups is 1. The summed E-state index contributed by atoms with van der Waals surface area (Å²) in [6.07, 6.45) is 3.86. The fourth-order valence-corrected chi connectivity index (χ4v) is 4.87. The maximum absolute atomic E-state index is 13.4. The number of carbonyl (C=O) groups excluding carboxylic acids is 1. The van der Waals surface area contributed by atoms with Crippen LogP contribution in [0.2, 0.25) is 0 Å². The molecule has 3 atom stereocenters. The molecule has 5 nitrogen and oxygen atoms in total. The molecule has 1 saturated heterocycles. The minimum Gasteiger partial charge on any atom is -0.457 e. The second-order valence-electron chi connectivity index (χ2n) is 8.84. The number of hydrogen-bond donors (Lipinski definition) is 1. The van der Waals surface area contributed by atoms with Crippen molar-refractivity contribution in [2.45, 2.75) is 37.5 Å². The SMILES string of the molecule is CC(c1ccccn1)[N+]1(C)CCC[C@@H]1COC(=O)C(O)(c1ccccc1)c1ccccc1. The Morgan fingerprint density at radius 2 is 1.66 bits per heavy atom. The van der Waals surface area contributed by atoms with Crippen LogP contribution in [0.15, 0.2) is 85.1 Å². The molecule has 2 heterocycles. The molecule has 0 bridgehead atoms. The second kappa shape index (κ2) is 9.23. The molecule has 1 fully saturated rings. The number of quaternary nitrogens is 1. The quantitative estimate of drug-likeness (QED) is 0.449. The van der Waals surface area contributed by atoms with Gasteiger partial charge >= 0.3 is 5.97 Å². The molecule has 1 aliphatic heterocycles. The molecule has 0 radical (unpaired) electrons. The van der Waals surface area contributed by atoms with Crippen molar-refractivity contribution < 1.29 is 19.1 Å². The highest BCUT2D eigenvalue weighted by atomic mass is 16.6. The summed E-state index contributed by atoms with van der Waals surface area (Å²) in [5.74, 6) is -0.640. The molecule has 0 spiro atoms. The van der Waals surface area contributed by atoms with Gasteiger partial charge in [-0.2, -0.15) is 0 Å². The minimum atomic E-state index is -1.85. The molecule has 0 aliphatic carbocycles. The molecular weight excluding hydrogens is 400 g/mol. The lowest BCUT2D eigenvalue weighted by Crippen LogP contribution is -2.52. The van der Waals surface area contributed by atoms with E-state index < -0.39 is 11.6 Å².